The van der Waals surface area contributed by atoms with Crippen LogP contribution in [-0.2, 0) is 0 Å². The minimum absolute atomic E-state index is 0.0216. The number of amides is 1. The summed E-state index contributed by atoms with van der Waals surface area (Å²) < 4.78 is 0. The number of carbonyl (C=O) groups is 1. The highest BCUT2D eigenvalue weighted by molar-refractivity contribution is 7.12. The van der Waals surface area contributed by atoms with Gasteiger partial charge in [0.1, 0.15) is 4.88 Å². The third-order valence-electron chi connectivity index (χ3n) is 3.88. The molecule has 1 aromatic rings. The van der Waals surface area contributed by atoms with Crippen LogP contribution in [0.3, 0.4) is 0 Å². The SMILES string of the molecule is CC1CCC(CCNC(=O)c2sccc2N)CC1. The first kappa shape index (κ1) is 13.4. The fourth-order valence-electron chi connectivity index (χ4n) is 2.59. The Hall–Kier alpha value is -1.03. The molecule has 0 atom stereocenters. The van der Waals surface area contributed by atoms with E-state index in [1.54, 1.807) is 6.07 Å². The summed E-state index contributed by atoms with van der Waals surface area (Å²) in [6, 6.07) is 1.78. The van der Waals surface area contributed by atoms with Crippen molar-refractivity contribution in [3.05, 3.63) is 16.3 Å². The first-order chi connectivity index (χ1) is 8.66. The number of nitrogens with one attached hydrogen (secondary N) is 1. The summed E-state index contributed by atoms with van der Waals surface area (Å²) in [5.41, 5.74) is 6.31. The Morgan fingerprint density at radius 1 is 1.44 bits per heavy atom. The lowest BCUT2D eigenvalue weighted by molar-refractivity contribution is 0.0954. The van der Waals surface area contributed by atoms with E-state index in [-0.39, 0.29) is 5.91 Å². The van der Waals surface area contributed by atoms with Crippen molar-refractivity contribution in [2.75, 3.05) is 12.3 Å². The normalized spacial score (nSPS) is 23.8. The van der Waals surface area contributed by atoms with Gasteiger partial charge in [-0.05, 0) is 29.7 Å². The van der Waals surface area contributed by atoms with Crippen LogP contribution in [0.25, 0.3) is 0 Å². The lowest BCUT2D eigenvalue weighted by atomic mass is 9.81. The largest absolute Gasteiger partial charge is 0.397 e. The lowest BCUT2D eigenvalue weighted by Gasteiger charge is -2.26. The highest BCUT2D eigenvalue weighted by Gasteiger charge is 2.18. The number of hydrogen-bond acceptors (Lipinski definition) is 3. The molecule has 1 saturated carbocycles. The Balaban J connectivity index is 1.69. The molecule has 1 heterocycles. The zero-order chi connectivity index (χ0) is 13.0. The van der Waals surface area contributed by atoms with Gasteiger partial charge in [0.2, 0.25) is 0 Å². The Bertz CT molecular complexity index is 394. The molecule has 0 spiro atoms. The molecular weight excluding hydrogens is 244 g/mol. The third-order valence-corrected chi connectivity index (χ3v) is 4.80. The summed E-state index contributed by atoms with van der Waals surface area (Å²) in [4.78, 5) is 12.5. The van der Waals surface area contributed by atoms with Gasteiger partial charge in [-0.3, -0.25) is 4.79 Å². The van der Waals surface area contributed by atoms with Crippen LogP contribution in [0.15, 0.2) is 11.4 Å². The van der Waals surface area contributed by atoms with Crippen molar-refractivity contribution < 1.29 is 4.79 Å². The molecule has 0 aromatic carbocycles. The average molecular weight is 266 g/mol. The predicted molar refractivity (Wildman–Crippen MR) is 76.8 cm³/mol. The van der Waals surface area contributed by atoms with Crippen molar-refractivity contribution in [1.82, 2.24) is 5.32 Å². The van der Waals surface area contributed by atoms with Crippen molar-refractivity contribution in [1.29, 1.82) is 0 Å². The van der Waals surface area contributed by atoms with E-state index in [2.05, 4.69) is 12.2 Å². The second kappa shape index (κ2) is 6.23. The fourth-order valence-corrected chi connectivity index (χ4v) is 3.33. The first-order valence-electron chi connectivity index (χ1n) is 6.78. The summed E-state index contributed by atoms with van der Waals surface area (Å²) in [5.74, 6) is 1.66. The number of rotatable bonds is 4. The van der Waals surface area contributed by atoms with E-state index >= 15 is 0 Å². The molecule has 0 unspecified atom stereocenters. The molecule has 3 nitrogen and oxygen atoms in total. The first-order valence-corrected chi connectivity index (χ1v) is 7.66. The van der Waals surface area contributed by atoms with Crippen LogP contribution in [-0.4, -0.2) is 12.5 Å². The minimum Gasteiger partial charge on any atom is -0.397 e. The highest BCUT2D eigenvalue weighted by atomic mass is 32.1. The van der Waals surface area contributed by atoms with Gasteiger partial charge in [0.25, 0.3) is 5.91 Å². The summed E-state index contributed by atoms with van der Waals surface area (Å²) in [5, 5.41) is 4.83. The molecule has 0 aliphatic heterocycles. The van der Waals surface area contributed by atoms with E-state index < -0.39 is 0 Å². The van der Waals surface area contributed by atoms with Gasteiger partial charge in [0.15, 0.2) is 0 Å². The monoisotopic (exact) mass is 266 g/mol. The van der Waals surface area contributed by atoms with Crippen molar-refractivity contribution in [2.24, 2.45) is 11.8 Å². The minimum atomic E-state index is -0.0216. The Morgan fingerprint density at radius 2 is 2.17 bits per heavy atom. The maximum Gasteiger partial charge on any atom is 0.263 e. The Morgan fingerprint density at radius 3 is 2.78 bits per heavy atom. The van der Waals surface area contributed by atoms with E-state index in [1.165, 1.54) is 37.0 Å². The van der Waals surface area contributed by atoms with Gasteiger partial charge in [0.05, 0.1) is 5.69 Å². The fraction of sp³-hybridized carbons (Fsp3) is 0.643. The second-order valence-corrected chi connectivity index (χ2v) is 6.29. The highest BCUT2D eigenvalue weighted by Crippen LogP contribution is 2.30. The van der Waals surface area contributed by atoms with E-state index in [4.69, 9.17) is 5.73 Å². The van der Waals surface area contributed by atoms with E-state index in [9.17, 15) is 4.79 Å². The Labute approximate surface area is 113 Å². The molecule has 4 heteroatoms. The molecular formula is C14H22N2OS. The van der Waals surface area contributed by atoms with Gasteiger partial charge in [-0.1, -0.05) is 32.6 Å². The lowest BCUT2D eigenvalue weighted by Crippen LogP contribution is -2.26. The van der Waals surface area contributed by atoms with Crippen molar-refractivity contribution in [2.45, 2.75) is 39.0 Å². The van der Waals surface area contributed by atoms with Crippen molar-refractivity contribution in [3.63, 3.8) is 0 Å². The van der Waals surface area contributed by atoms with Crippen LogP contribution < -0.4 is 11.1 Å². The van der Waals surface area contributed by atoms with Gasteiger partial charge >= 0.3 is 0 Å². The molecule has 0 saturated heterocycles. The van der Waals surface area contributed by atoms with Crippen LogP contribution >= 0.6 is 11.3 Å². The van der Waals surface area contributed by atoms with Gasteiger partial charge in [0, 0.05) is 6.54 Å². The van der Waals surface area contributed by atoms with Crippen LogP contribution in [0, 0.1) is 11.8 Å². The van der Waals surface area contributed by atoms with Gasteiger partial charge in [-0.25, -0.2) is 0 Å². The molecule has 100 valence electrons. The van der Waals surface area contributed by atoms with Crippen molar-refractivity contribution in [3.8, 4) is 0 Å². The van der Waals surface area contributed by atoms with Gasteiger partial charge < -0.3 is 11.1 Å². The smallest absolute Gasteiger partial charge is 0.263 e. The van der Waals surface area contributed by atoms with Crippen LogP contribution in [0.2, 0.25) is 0 Å². The zero-order valence-electron chi connectivity index (χ0n) is 10.9. The van der Waals surface area contributed by atoms with Gasteiger partial charge in [-0.2, -0.15) is 0 Å². The summed E-state index contributed by atoms with van der Waals surface area (Å²) in [6.07, 6.45) is 6.42. The molecule has 18 heavy (non-hydrogen) atoms. The maximum absolute atomic E-state index is 11.8. The van der Waals surface area contributed by atoms with Gasteiger partial charge in [-0.15, -0.1) is 11.3 Å². The van der Waals surface area contributed by atoms with E-state index in [0.717, 1.165) is 24.8 Å². The number of anilines is 1. The molecule has 0 bridgehead atoms. The number of carbonyl (C=O) groups excluding carboxylic acids is 1. The summed E-state index contributed by atoms with van der Waals surface area (Å²) in [6.45, 7) is 3.10. The summed E-state index contributed by atoms with van der Waals surface area (Å²) >= 11 is 1.41. The Kier molecular flexibility index (Phi) is 4.64. The topological polar surface area (TPSA) is 55.1 Å². The van der Waals surface area contributed by atoms with E-state index in [0.29, 0.717) is 10.6 Å². The number of nitrogen functional groups attached to an aromatic ring is 1. The number of nitrogens with two attached hydrogens (primary N) is 1. The molecule has 1 amide bonds. The van der Waals surface area contributed by atoms with Crippen molar-refractivity contribution >= 4 is 22.9 Å². The second-order valence-electron chi connectivity index (χ2n) is 5.38. The maximum atomic E-state index is 11.8. The molecule has 1 aromatic heterocycles. The molecule has 1 fully saturated rings. The zero-order valence-corrected chi connectivity index (χ0v) is 11.8. The van der Waals surface area contributed by atoms with Crippen LogP contribution in [0.5, 0.6) is 0 Å². The standard InChI is InChI=1S/C14H22N2OS/c1-10-2-4-11(5-3-10)6-8-16-14(17)13-12(15)7-9-18-13/h7,9-11H,2-6,8,15H2,1H3,(H,16,17). The molecule has 1 aliphatic rings. The predicted octanol–water partition coefficient (Wildman–Crippen LogP) is 3.28. The molecule has 2 rings (SSSR count). The molecule has 3 N–H and O–H groups in total. The number of hydrogen-bond donors (Lipinski definition) is 2. The van der Waals surface area contributed by atoms with E-state index in [1.807, 2.05) is 5.38 Å². The molecule has 1 aliphatic carbocycles. The molecule has 0 radical (unpaired) electrons. The van der Waals surface area contributed by atoms with Crippen LogP contribution in [0.4, 0.5) is 5.69 Å². The quantitative estimate of drug-likeness (QED) is 0.878. The number of thiophene rings is 1. The summed E-state index contributed by atoms with van der Waals surface area (Å²) in [7, 11) is 0. The average Bonchev–Trinajstić information content (AvgIpc) is 2.78. The van der Waals surface area contributed by atoms with Crippen LogP contribution in [0.1, 0.15) is 48.7 Å². The third kappa shape index (κ3) is 3.48.